The van der Waals surface area contributed by atoms with Crippen LogP contribution in [0.1, 0.15) is 61.3 Å². The number of alkyl halides is 3. The van der Waals surface area contributed by atoms with Gasteiger partial charge in [0.05, 0.1) is 23.1 Å². The summed E-state index contributed by atoms with van der Waals surface area (Å²) in [7, 11) is 0. The van der Waals surface area contributed by atoms with Gasteiger partial charge in [0.1, 0.15) is 12.2 Å². The van der Waals surface area contributed by atoms with E-state index in [9.17, 15) is 23.1 Å². The van der Waals surface area contributed by atoms with Crippen molar-refractivity contribution in [3.05, 3.63) is 54.2 Å². The number of carbonyl (C=O) groups excluding carboxylic acids is 1. The van der Waals surface area contributed by atoms with Crippen LogP contribution in [0, 0.1) is 0 Å². The van der Waals surface area contributed by atoms with Crippen molar-refractivity contribution in [2.45, 2.75) is 58.0 Å². The highest BCUT2D eigenvalue weighted by Crippen LogP contribution is 2.30. The van der Waals surface area contributed by atoms with E-state index >= 15 is 0 Å². The van der Waals surface area contributed by atoms with Crippen LogP contribution in [0.5, 0.6) is 0 Å². The zero-order valence-electron chi connectivity index (χ0n) is 20.0. The van der Waals surface area contributed by atoms with E-state index in [2.05, 4.69) is 20.1 Å². The molecule has 4 heterocycles. The summed E-state index contributed by atoms with van der Waals surface area (Å²) in [6.45, 7) is 1.83. The van der Waals surface area contributed by atoms with Gasteiger partial charge < -0.3 is 10.1 Å². The molecule has 3 aromatic rings. The minimum atomic E-state index is -4.51. The maximum absolute atomic E-state index is 13.4. The molecule has 0 radical (unpaired) electrons. The zero-order valence-corrected chi connectivity index (χ0v) is 20.0. The monoisotopic (exact) mass is 502 g/mol. The second-order valence-electron chi connectivity index (χ2n) is 8.79. The molecule has 1 saturated heterocycles. The summed E-state index contributed by atoms with van der Waals surface area (Å²) in [4.78, 5) is 25.6. The number of aliphatic hydroxyl groups excluding tert-OH is 1. The molecule has 11 heteroatoms. The Labute approximate surface area is 206 Å². The number of nitrogens with one attached hydrogen (secondary N) is 1. The number of carbonyl (C=O) groups is 1. The predicted octanol–water partition coefficient (Wildman–Crippen LogP) is 4.97. The highest BCUT2D eigenvalue weighted by molar-refractivity contribution is 5.95. The Morgan fingerprint density at radius 3 is 2.64 bits per heavy atom. The summed E-state index contributed by atoms with van der Waals surface area (Å²) in [5.74, 6) is -0.102. The van der Waals surface area contributed by atoms with Gasteiger partial charge in [-0.05, 0) is 31.0 Å². The van der Waals surface area contributed by atoms with Crippen LogP contribution in [0.3, 0.4) is 0 Å². The minimum absolute atomic E-state index is 0.102. The number of H-pyrrole nitrogens is 1. The van der Waals surface area contributed by atoms with Crippen LogP contribution < -0.4 is 0 Å². The summed E-state index contributed by atoms with van der Waals surface area (Å²) in [5, 5.41) is 15.5. The minimum Gasteiger partial charge on any atom is -0.372 e. The van der Waals surface area contributed by atoms with Crippen molar-refractivity contribution in [1.82, 2.24) is 29.6 Å². The number of hydrogen-bond donors (Lipinski definition) is 2. The molecule has 0 bridgehead atoms. The first kappa shape index (κ1) is 25.8. The Morgan fingerprint density at radius 2 is 1.94 bits per heavy atom. The Hall–Kier alpha value is -3.31. The van der Waals surface area contributed by atoms with Crippen LogP contribution in [0.4, 0.5) is 13.2 Å². The highest BCUT2D eigenvalue weighted by atomic mass is 19.4. The number of fused-ring (bicyclic) bond motifs is 1. The van der Waals surface area contributed by atoms with E-state index in [1.165, 1.54) is 30.9 Å². The Bertz CT molecular complexity index is 1260. The van der Waals surface area contributed by atoms with Gasteiger partial charge in [-0.2, -0.15) is 18.3 Å². The van der Waals surface area contributed by atoms with Crippen LogP contribution in [0.25, 0.3) is 22.3 Å². The molecule has 1 atom stereocenters. The molecule has 2 N–H and O–H groups in total. The van der Waals surface area contributed by atoms with E-state index in [0.29, 0.717) is 36.2 Å². The van der Waals surface area contributed by atoms with Gasteiger partial charge in [-0.1, -0.05) is 19.8 Å². The lowest BCUT2D eigenvalue weighted by molar-refractivity contribution is -0.141. The fraction of sp³-hybridized carbons (Fsp3) is 0.440. The highest BCUT2D eigenvalue weighted by Gasteiger charge is 2.31. The average molecular weight is 503 g/mol. The van der Waals surface area contributed by atoms with Gasteiger partial charge in [0.15, 0.2) is 12.0 Å². The number of aromatic amines is 1. The molecule has 4 rings (SSSR count). The van der Waals surface area contributed by atoms with E-state index in [4.69, 9.17) is 0 Å². The van der Waals surface area contributed by atoms with Gasteiger partial charge in [-0.25, -0.2) is 0 Å². The number of Topliss-reactive ketones (excluding diaryl/α,β-unsaturated/α-hetero) is 1. The van der Waals surface area contributed by atoms with Gasteiger partial charge in [-0.3, -0.25) is 24.3 Å². The van der Waals surface area contributed by atoms with E-state index in [1.807, 2.05) is 4.90 Å². The summed E-state index contributed by atoms with van der Waals surface area (Å²) in [6, 6.07) is 4.69. The predicted molar refractivity (Wildman–Crippen MR) is 128 cm³/mol. The molecule has 1 fully saturated rings. The molecule has 192 valence electrons. The molecule has 3 aromatic heterocycles. The molecule has 0 spiro atoms. The van der Waals surface area contributed by atoms with Crippen molar-refractivity contribution in [3.63, 3.8) is 0 Å². The first-order valence-electron chi connectivity index (χ1n) is 12.0. The molecular formula is C25H29F3N6O2. The first-order valence-corrected chi connectivity index (χ1v) is 12.0. The second kappa shape index (κ2) is 11.2. The summed E-state index contributed by atoms with van der Waals surface area (Å²) in [6.07, 6.45) is 4.65. The lowest BCUT2D eigenvalue weighted by atomic mass is 10.1. The van der Waals surface area contributed by atoms with Crippen molar-refractivity contribution in [1.29, 1.82) is 0 Å². The smallest absolute Gasteiger partial charge is 0.372 e. The maximum atomic E-state index is 13.4. The van der Waals surface area contributed by atoms with Gasteiger partial charge in [0.25, 0.3) is 0 Å². The van der Waals surface area contributed by atoms with Gasteiger partial charge in [0.2, 0.25) is 0 Å². The first-order chi connectivity index (χ1) is 17.3. The van der Waals surface area contributed by atoms with Crippen molar-refractivity contribution >= 4 is 16.7 Å². The van der Waals surface area contributed by atoms with E-state index in [1.54, 1.807) is 19.1 Å². The maximum Gasteiger partial charge on any atom is 0.408 e. The largest absolute Gasteiger partial charge is 0.408 e. The van der Waals surface area contributed by atoms with E-state index < -0.39 is 18.9 Å². The van der Waals surface area contributed by atoms with Crippen LogP contribution in [-0.4, -0.2) is 59.8 Å². The number of aliphatic hydroxyl groups is 1. The molecular weight excluding hydrogens is 473 g/mol. The fourth-order valence-electron chi connectivity index (χ4n) is 4.30. The number of ketones is 1. The molecule has 8 nitrogen and oxygen atoms in total. The topological polar surface area (TPSA) is 99.9 Å². The quantitative estimate of drug-likeness (QED) is 0.462. The molecule has 0 amide bonds. The van der Waals surface area contributed by atoms with Gasteiger partial charge in [-0.15, -0.1) is 0 Å². The van der Waals surface area contributed by atoms with E-state index in [-0.39, 0.29) is 22.7 Å². The summed E-state index contributed by atoms with van der Waals surface area (Å²) < 4.78 is 41.1. The number of likely N-dealkylation sites (tertiary alicyclic amines) is 1. The Kier molecular flexibility index (Phi) is 8.00. The zero-order chi connectivity index (χ0) is 25.7. The van der Waals surface area contributed by atoms with Crippen LogP contribution in [0.15, 0.2) is 43.0 Å². The number of nitrogens with zero attached hydrogens (tertiary/aromatic N) is 5. The molecule has 1 aliphatic heterocycles. The molecule has 0 aromatic carbocycles. The van der Waals surface area contributed by atoms with Crippen LogP contribution in [-0.2, 0) is 6.54 Å². The lowest BCUT2D eigenvalue weighted by Gasteiger charge is -2.25. The third kappa shape index (κ3) is 6.08. The SMILES string of the molecule is CCC(=O)c1cccncc(-c2nn(CC(F)(F)F)c3cc(C(O)N4CCCCCC4)ncc23)[nH]c1. The van der Waals surface area contributed by atoms with Crippen molar-refractivity contribution < 1.29 is 23.1 Å². The third-order valence-electron chi connectivity index (χ3n) is 6.17. The van der Waals surface area contributed by atoms with Crippen molar-refractivity contribution in [2.75, 3.05) is 13.1 Å². The molecule has 36 heavy (non-hydrogen) atoms. The van der Waals surface area contributed by atoms with Crippen molar-refractivity contribution in [2.24, 2.45) is 0 Å². The van der Waals surface area contributed by atoms with E-state index in [0.717, 1.165) is 30.4 Å². The van der Waals surface area contributed by atoms with Crippen molar-refractivity contribution in [3.8, 4) is 11.4 Å². The average Bonchev–Trinajstić information content (AvgIpc) is 3.03. The fourth-order valence-corrected chi connectivity index (χ4v) is 4.30. The molecule has 0 saturated carbocycles. The third-order valence-corrected chi connectivity index (χ3v) is 6.17. The molecule has 0 aliphatic carbocycles. The number of halogens is 3. The number of rotatable bonds is 6. The van der Waals surface area contributed by atoms with Gasteiger partial charge in [0, 0.05) is 49.1 Å². The summed E-state index contributed by atoms with van der Waals surface area (Å²) >= 11 is 0. The van der Waals surface area contributed by atoms with Crippen LogP contribution >= 0.6 is 0 Å². The second-order valence-corrected chi connectivity index (χ2v) is 8.79. The number of aromatic nitrogens is 5. The number of hydrogen-bond acceptors (Lipinski definition) is 6. The molecule has 1 aliphatic rings. The number of pyridine rings is 1. The standard InChI is InChI=1S/C25H29F3N6O2/c1-2-22(35)17-8-7-9-29-15-20(30-13-17)23-18-14-31-19(24(36)33-10-5-3-4-6-11-33)12-21(18)34(32-23)16-25(26,27)28/h7-9,12-15,24,30,36H,2-6,10-11,16H2,1H3. The Morgan fingerprint density at radius 1 is 1.19 bits per heavy atom. The summed E-state index contributed by atoms with van der Waals surface area (Å²) in [5.41, 5.74) is 1.38. The molecule has 1 unspecified atom stereocenters. The van der Waals surface area contributed by atoms with Gasteiger partial charge >= 0.3 is 6.18 Å². The lowest BCUT2D eigenvalue weighted by Crippen LogP contribution is -2.30. The Balaban J connectivity index is 1.83. The normalized spacial score (nSPS) is 15.9. The van der Waals surface area contributed by atoms with Crippen LogP contribution in [0.2, 0.25) is 0 Å².